The molecule has 0 radical (unpaired) electrons. The van der Waals surface area contributed by atoms with Gasteiger partial charge in [-0.25, -0.2) is 0 Å². The van der Waals surface area contributed by atoms with Crippen LogP contribution in [0.25, 0.3) is 6.08 Å². The van der Waals surface area contributed by atoms with Crippen LogP contribution in [0.15, 0.2) is 17.8 Å². The van der Waals surface area contributed by atoms with Gasteiger partial charge in [0.2, 0.25) is 0 Å². The minimum Gasteiger partial charge on any atom is -0.505 e. The highest BCUT2D eigenvalue weighted by atomic mass is 35.5. The molecular weight excluding hydrogens is 297 g/mol. The van der Waals surface area contributed by atoms with E-state index in [4.69, 9.17) is 23.2 Å². The molecule has 1 aromatic carbocycles. The molecule has 0 atom stereocenters. The summed E-state index contributed by atoms with van der Waals surface area (Å²) in [5.41, 5.74) is 1.75. The third-order valence-corrected chi connectivity index (χ3v) is 3.95. The summed E-state index contributed by atoms with van der Waals surface area (Å²) in [4.78, 5) is 13.9. The first kappa shape index (κ1) is 15.2. The van der Waals surface area contributed by atoms with Gasteiger partial charge in [0.15, 0.2) is 5.75 Å². The Bertz CT molecular complexity index is 544. The number of aromatic hydroxyl groups is 1. The number of carbonyl (C=O) groups excluding carboxylic acids is 1. The van der Waals surface area contributed by atoms with Crippen molar-refractivity contribution in [1.82, 2.24) is 4.90 Å². The molecule has 1 aliphatic heterocycles. The summed E-state index contributed by atoms with van der Waals surface area (Å²) in [6, 6.07) is 3.62. The van der Waals surface area contributed by atoms with Crippen LogP contribution in [-0.4, -0.2) is 28.4 Å². The number of hydrogen-bond acceptors (Lipinski definition) is 3. The number of ketones is 1. The van der Waals surface area contributed by atoms with E-state index in [0.717, 1.165) is 17.8 Å². The summed E-state index contributed by atoms with van der Waals surface area (Å²) in [7, 11) is 0. The zero-order chi connectivity index (χ0) is 14.9. The lowest BCUT2D eigenvalue weighted by Gasteiger charge is -2.34. The van der Waals surface area contributed by atoms with E-state index < -0.39 is 0 Å². The molecule has 0 aromatic heterocycles. The van der Waals surface area contributed by atoms with E-state index in [-0.39, 0.29) is 21.6 Å². The van der Waals surface area contributed by atoms with Crippen molar-refractivity contribution < 1.29 is 9.90 Å². The molecule has 0 aliphatic carbocycles. The second kappa shape index (κ2) is 6.06. The molecule has 3 nitrogen and oxygen atoms in total. The average molecular weight is 314 g/mol. The Morgan fingerprint density at radius 3 is 2.45 bits per heavy atom. The molecule has 108 valence electrons. The number of likely N-dealkylation sites (tertiary alicyclic amines) is 1. The largest absolute Gasteiger partial charge is 0.505 e. The van der Waals surface area contributed by atoms with Crippen LogP contribution >= 0.6 is 23.2 Å². The quantitative estimate of drug-likeness (QED) is 0.893. The van der Waals surface area contributed by atoms with Crippen molar-refractivity contribution in [3.05, 3.63) is 33.4 Å². The Kier molecular flexibility index (Phi) is 4.61. The third-order valence-electron chi connectivity index (χ3n) is 3.37. The number of phenolic OH excluding ortho intramolecular Hbond substituents is 1. The van der Waals surface area contributed by atoms with Gasteiger partial charge in [0.05, 0.1) is 10.0 Å². The molecule has 0 bridgehead atoms. The zero-order valence-electron chi connectivity index (χ0n) is 11.5. The van der Waals surface area contributed by atoms with E-state index in [1.165, 1.54) is 0 Å². The van der Waals surface area contributed by atoms with E-state index >= 15 is 0 Å². The second-order valence-electron chi connectivity index (χ2n) is 5.22. The van der Waals surface area contributed by atoms with E-state index in [0.29, 0.717) is 18.9 Å². The minimum absolute atomic E-state index is 0.115. The van der Waals surface area contributed by atoms with Crippen LogP contribution in [0.1, 0.15) is 32.3 Å². The van der Waals surface area contributed by atoms with Crippen molar-refractivity contribution in [3.8, 4) is 5.75 Å². The maximum absolute atomic E-state index is 11.7. The Morgan fingerprint density at radius 1 is 1.30 bits per heavy atom. The van der Waals surface area contributed by atoms with Gasteiger partial charge in [0, 0.05) is 31.1 Å². The average Bonchev–Trinajstić information content (AvgIpc) is 2.35. The van der Waals surface area contributed by atoms with Gasteiger partial charge in [-0.2, -0.15) is 0 Å². The Labute approximate surface area is 128 Å². The predicted molar refractivity (Wildman–Crippen MR) is 82.2 cm³/mol. The first-order valence-corrected chi connectivity index (χ1v) is 7.31. The first-order valence-electron chi connectivity index (χ1n) is 6.55. The molecule has 0 unspecified atom stereocenters. The fraction of sp³-hybridized carbons (Fsp3) is 0.400. The highest BCUT2D eigenvalue weighted by Crippen LogP contribution is 2.34. The van der Waals surface area contributed by atoms with Gasteiger partial charge < -0.3 is 10.0 Å². The summed E-state index contributed by atoms with van der Waals surface area (Å²) in [6.07, 6.45) is 2.93. The summed E-state index contributed by atoms with van der Waals surface area (Å²) >= 11 is 11.8. The van der Waals surface area contributed by atoms with Gasteiger partial charge in [0.25, 0.3) is 0 Å². The van der Waals surface area contributed by atoms with Crippen LogP contribution < -0.4 is 0 Å². The number of rotatable bonds is 2. The number of phenols is 1. The molecule has 1 fully saturated rings. The Morgan fingerprint density at radius 2 is 1.90 bits per heavy atom. The van der Waals surface area contributed by atoms with Crippen LogP contribution in [0.2, 0.25) is 10.0 Å². The number of nitrogens with zero attached hydrogens (tertiary/aromatic N) is 1. The van der Waals surface area contributed by atoms with Gasteiger partial charge in [-0.3, -0.25) is 4.79 Å². The molecule has 1 aliphatic rings. The van der Waals surface area contributed by atoms with Gasteiger partial charge in [0.1, 0.15) is 5.78 Å². The number of halogens is 2. The smallest absolute Gasteiger partial charge is 0.152 e. The summed E-state index contributed by atoms with van der Waals surface area (Å²) in [6.45, 7) is 4.93. The molecule has 0 saturated carbocycles. The Balaban J connectivity index is 2.38. The lowest BCUT2D eigenvalue weighted by molar-refractivity contribution is -0.120. The number of benzene rings is 1. The van der Waals surface area contributed by atoms with Crippen LogP contribution in [0.5, 0.6) is 5.75 Å². The predicted octanol–water partition coefficient (Wildman–Crippen LogP) is 4.11. The standard InChI is InChI=1S/C15H17Cl2NO2/c1-9(2)18-4-3-12(19)8-11(18)5-10-6-13(16)15(20)14(17)7-10/h5-7,9,20H,3-4,8H2,1-2H3/b11-5+. The number of carbonyl (C=O) groups is 1. The van der Waals surface area contributed by atoms with Crippen molar-refractivity contribution in [2.45, 2.75) is 32.7 Å². The number of hydrogen-bond donors (Lipinski definition) is 1. The second-order valence-corrected chi connectivity index (χ2v) is 6.04. The van der Waals surface area contributed by atoms with Crippen molar-refractivity contribution >= 4 is 35.1 Å². The van der Waals surface area contributed by atoms with Gasteiger partial charge in [-0.15, -0.1) is 0 Å². The molecule has 1 aromatic rings. The lowest BCUT2D eigenvalue weighted by atomic mass is 10.0. The van der Waals surface area contributed by atoms with Crippen LogP contribution in [0, 0.1) is 0 Å². The topological polar surface area (TPSA) is 40.5 Å². The molecule has 1 heterocycles. The van der Waals surface area contributed by atoms with E-state index in [1.54, 1.807) is 12.1 Å². The van der Waals surface area contributed by atoms with Crippen LogP contribution in [-0.2, 0) is 4.79 Å². The SMILES string of the molecule is CC(C)N1CCC(=O)C/C1=C\c1cc(Cl)c(O)c(Cl)c1. The van der Waals surface area contributed by atoms with E-state index in [1.807, 2.05) is 6.08 Å². The molecule has 0 amide bonds. The van der Waals surface area contributed by atoms with Crippen molar-refractivity contribution in [2.75, 3.05) is 6.54 Å². The van der Waals surface area contributed by atoms with Crippen molar-refractivity contribution in [1.29, 1.82) is 0 Å². The monoisotopic (exact) mass is 313 g/mol. The van der Waals surface area contributed by atoms with Gasteiger partial charge in [-0.05, 0) is 37.6 Å². The highest BCUT2D eigenvalue weighted by Gasteiger charge is 2.22. The maximum Gasteiger partial charge on any atom is 0.152 e. The number of Topliss-reactive ketones (excluding diaryl/α,β-unsaturated/α-hetero) is 1. The molecule has 5 heteroatoms. The number of allylic oxidation sites excluding steroid dienone is 1. The van der Waals surface area contributed by atoms with Crippen LogP contribution in [0.4, 0.5) is 0 Å². The van der Waals surface area contributed by atoms with E-state index in [2.05, 4.69) is 18.7 Å². The van der Waals surface area contributed by atoms with Gasteiger partial charge >= 0.3 is 0 Å². The van der Waals surface area contributed by atoms with Crippen LogP contribution in [0.3, 0.4) is 0 Å². The third kappa shape index (κ3) is 3.28. The zero-order valence-corrected chi connectivity index (χ0v) is 13.0. The summed E-state index contributed by atoms with van der Waals surface area (Å²) < 4.78 is 0. The summed E-state index contributed by atoms with van der Waals surface area (Å²) in [5.74, 6) is 0.125. The minimum atomic E-state index is -0.115. The Hall–Kier alpha value is -1.19. The van der Waals surface area contributed by atoms with Crippen molar-refractivity contribution in [2.24, 2.45) is 0 Å². The normalized spacial score (nSPS) is 18.1. The van der Waals surface area contributed by atoms with Crippen molar-refractivity contribution in [3.63, 3.8) is 0 Å². The fourth-order valence-corrected chi connectivity index (χ4v) is 2.87. The lowest BCUT2D eigenvalue weighted by Crippen LogP contribution is -2.36. The molecule has 20 heavy (non-hydrogen) atoms. The maximum atomic E-state index is 11.7. The summed E-state index contributed by atoms with van der Waals surface area (Å²) in [5, 5.41) is 9.99. The molecule has 1 N–H and O–H groups in total. The number of piperidine rings is 1. The highest BCUT2D eigenvalue weighted by molar-refractivity contribution is 6.37. The van der Waals surface area contributed by atoms with Gasteiger partial charge in [-0.1, -0.05) is 23.2 Å². The first-order chi connectivity index (χ1) is 9.38. The fourth-order valence-electron chi connectivity index (χ4n) is 2.37. The molecular formula is C15H17Cl2NO2. The molecule has 0 spiro atoms. The van der Waals surface area contributed by atoms with E-state index in [9.17, 15) is 9.90 Å². The molecule has 2 rings (SSSR count). The molecule has 1 saturated heterocycles.